The second-order valence-electron chi connectivity index (χ2n) is 8.50. The van der Waals surface area contributed by atoms with E-state index in [1.54, 1.807) is 11.9 Å². The zero-order chi connectivity index (χ0) is 27.4. The van der Waals surface area contributed by atoms with E-state index in [0.29, 0.717) is 22.1 Å². The topological polar surface area (TPSA) is 105 Å². The Balaban J connectivity index is 1.65. The second-order valence-corrected chi connectivity index (χ2v) is 11.0. The zero-order valence-corrected chi connectivity index (χ0v) is 21.0. The number of benzene rings is 2. The van der Waals surface area contributed by atoms with Gasteiger partial charge < -0.3 is 13.7 Å². The van der Waals surface area contributed by atoms with E-state index in [4.69, 9.17) is 0 Å². The highest BCUT2D eigenvalue weighted by molar-refractivity contribution is 7.88. The van der Waals surface area contributed by atoms with Crippen LogP contribution in [0.25, 0.3) is 22.0 Å². The van der Waals surface area contributed by atoms with Crippen molar-refractivity contribution in [2.75, 3.05) is 11.9 Å². The number of rotatable bonds is 6. The van der Waals surface area contributed by atoms with Crippen molar-refractivity contribution in [3.63, 3.8) is 0 Å². The number of aromatic nitrogens is 2. The first-order valence-electron chi connectivity index (χ1n) is 11.0. The zero-order valence-electron chi connectivity index (χ0n) is 19.4. The third-order valence-electron chi connectivity index (χ3n) is 5.91. The lowest BCUT2D eigenvalue weighted by atomic mass is 10.1. The summed E-state index contributed by atoms with van der Waals surface area (Å²) in [5.74, 6) is -1.09. The van der Waals surface area contributed by atoms with E-state index >= 15 is 0 Å². The van der Waals surface area contributed by atoms with Gasteiger partial charge in [-0.25, -0.2) is 9.37 Å². The molecule has 0 radical (unpaired) electrons. The van der Waals surface area contributed by atoms with Gasteiger partial charge in [0, 0.05) is 35.6 Å². The molecule has 5 rings (SSSR count). The van der Waals surface area contributed by atoms with Gasteiger partial charge in [0.05, 0.1) is 5.69 Å². The lowest BCUT2D eigenvalue weighted by Gasteiger charge is -2.21. The smallest absolute Gasteiger partial charge is 0.376 e. The van der Waals surface area contributed by atoms with Crippen LogP contribution >= 0.6 is 11.3 Å². The van der Waals surface area contributed by atoms with Crippen LogP contribution in [0.3, 0.4) is 0 Å². The summed E-state index contributed by atoms with van der Waals surface area (Å²) in [6.45, 7) is 0. The Morgan fingerprint density at radius 2 is 1.84 bits per heavy atom. The number of nitrogens with zero attached hydrogens (tertiary/aromatic N) is 4. The highest BCUT2D eigenvalue weighted by atomic mass is 32.2. The first-order valence-corrected chi connectivity index (χ1v) is 13.2. The molecule has 1 aliphatic rings. The van der Waals surface area contributed by atoms with Gasteiger partial charge in [-0.15, -0.1) is 0 Å². The standard InChI is InChI=1S/C24H16F4N4O4S2/c1-31(23-30-21(20(11-29)37-23)13-2-4-14(25)5-3-13)19-12-32(15-6-7-15)22(33)17-9-8-16(10-18(17)19)36-38(34,35)24(26,27)28/h2-5,8-10,12,15H,6-7H2,1H3. The minimum Gasteiger partial charge on any atom is -0.376 e. The van der Waals surface area contributed by atoms with Crippen LogP contribution in [-0.2, 0) is 10.1 Å². The summed E-state index contributed by atoms with van der Waals surface area (Å²) in [5.41, 5.74) is -4.90. The summed E-state index contributed by atoms with van der Waals surface area (Å²) in [6.07, 6.45) is 3.06. The van der Waals surface area contributed by atoms with Crippen LogP contribution in [0.15, 0.2) is 53.5 Å². The van der Waals surface area contributed by atoms with Crippen molar-refractivity contribution in [2.45, 2.75) is 24.4 Å². The van der Waals surface area contributed by atoms with Gasteiger partial charge in [-0.3, -0.25) is 4.79 Å². The Morgan fingerprint density at radius 3 is 2.45 bits per heavy atom. The molecule has 14 heteroatoms. The molecular weight excluding hydrogens is 548 g/mol. The summed E-state index contributed by atoms with van der Waals surface area (Å²) in [5, 5.41) is 10.2. The predicted octanol–water partition coefficient (Wildman–Crippen LogP) is 5.47. The Kier molecular flexibility index (Phi) is 6.15. The first-order chi connectivity index (χ1) is 17.9. The van der Waals surface area contributed by atoms with Gasteiger partial charge in [0.2, 0.25) is 0 Å². The molecular formula is C24H16F4N4O4S2. The Hall–Kier alpha value is -3.96. The molecule has 2 aromatic carbocycles. The van der Waals surface area contributed by atoms with Gasteiger partial charge in [-0.05, 0) is 55.3 Å². The molecule has 0 amide bonds. The van der Waals surface area contributed by atoms with Crippen LogP contribution < -0.4 is 14.6 Å². The number of fused-ring (bicyclic) bond motifs is 1. The average Bonchev–Trinajstić information content (AvgIpc) is 3.61. The number of halogens is 4. The van der Waals surface area contributed by atoms with E-state index in [1.165, 1.54) is 41.1 Å². The summed E-state index contributed by atoms with van der Waals surface area (Å²) in [7, 11) is -4.35. The van der Waals surface area contributed by atoms with Gasteiger partial charge in [-0.2, -0.15) is 26.9 Å². The van der Waals surface area contributed by atoms with Crippen molar-refractivity contribution >= 4 is 43.0 Å². The quantitative estimate of drug-likeness (QED) is 0.174. The monoisotopic (exact) mass is 564 g/mol. The van der Waals surface area contributed by atoms with Crippen LogP contribution in [0.2, 0.25) is 0 Å². The van der Waals surface area contributed by atoms with Crippen LogP contribution in [-0.4, -0.2) is 30.5 Å². The van der Waals surface area contributed by atoms with E-state index in [1.807, 2.05) is 0 Å². The first kappa shape index (κ1) is 25.7. The maximum absolute atomic E-state index is 13.4. The number of hydrogen-bond donors (Lipinski definition) is 0. The molecule has 0 N–H and O–H groups in total. The fraction of sp³-hybridized carbons (Fsp3) is 0.208. The Bertz CT molecular complexity index is 1770. The van der Waals surface area contributed by atoms with E-state index in [2.05, 4.69) is 15.2 Å². The third kappa shape index (κ3) is 4.59. The number of thiazole rings is 1. The highest BCUT2D eigenvalue weighted by Gasteiger charge is 2.48. The van der Waals surface area contributed by atoms with E-state index < -0.39 is 32.8 Å². The van der Waals surface area contributed by atoms with Crippen LogP contribution in [0, 0.1) is 17.1 Å². The molecule has 1 saturated carbocycles. The fourth-order valence-corrected chi connectivity index (χ4v) is 5.18. The minimum absolute atomic E-state index is 0.0543. The second kappa shape index (κ2) is 9.10. The van der Waals surface area contributed by atoms with Crippen molar-refractivity contribution in [2.24, 2.45) is 0 Å². The molecule has 0 atom stereocenters. The SMILES string of the molecule is CN(c1nc(-c2ccc(F)cc2)c(C#N)s1)c1cn(C2CC2)c(=O)c2ccc(OS(=O)(=O)C(F)(F)F)cc12. The number of nitriles is 1. The van der Waals surface area contributed by atoms with Crippen LogP contribution in [0.4, 0.5) is 28.4 Å². The molecule has 0 spiro atoms. The molecule has 0 saturated heterocycles. The largest absolute Gasteiger partial charge is 0.534 e. The number of hydrogen-bond acceptors (Lipinski definition) is 8. The molecule has 1 fully saturated rings. The molecule has 0 aliphatic heterocycles. The summed E-state index contributed by atoms with van der Waals surface area (Å²) >= 11 is 1.02. The molecule has 196 valence electrons. The van der Waals surface area contributed by atoms with Crippen molar-refractivity contribution in [1.82, 2.24) is 9.55 Å². The Labute approximate surface area is 217 Å². The lowest BCUT2D eigenvalue weighted by molar-refractivity contribution is -0.0500. The predicted molar refractivity (Wildman–Crippen MR) is 132 cm³/mol. The maximum Gasteiger partial charge on any atom is 0.534 e. The highest BCUT2D eigenvalue weighted by Crippen LogP contribution is 2.41. The summed E-state index contributed by atoms with van der Waals surface area (Å²) in [4.78, 5) is 19.4. The maximum atomic E-state index is 13.4. The normalized spacial score (nSPS) is 13.9. The molecule has 2 aromatic heterocycles. The van der Waals surface area contributed by atoms with Crippen molar-refractivity contribution < 1.29 is 30.2 Å². The summed E-state index contributed by atoms with van der Waals surface area (Å²) in [6, 6.07) is 10.7. The number of pyridine rings is 1. The number of anilines is 2. The van der Waals surface area contributed by atoms with Crippen LogP contribution in [0.1, 0.15) is 23.8 Å². The molecule has 2 heterocycles. The van der Waals surface area contributed by atoms with Gasteiger partial charge in [0.15, 0.2) is 5.13 Å². The van der Waals surface area contributed by atoms with Crippen molar-refractivity contribution in [3.05, 3.63) is 69.7 Å². The number of alkyl halides is 3. The lowest BCUT2D eigenvalue weighted by Crippen LogP contribution is -2.28. The molecule has 1 aliphatic carbocycles. The fourth-order valence-electron chi connectivity index (χ4n) is 3.87. The van der Waals surface area contributed by atoms with Gasteiger partial charge in [-0.1, -0.05) is 11.3 Å². The molecule has 38 heavy (non-hydrogen) atoms. The van der Waals surface area contributed by atoms with Gasteiger partial charge in [0.1, 0.15) is 28.2 Å². The average molecular weight is 565 g/mol. The molecule has 4 aromatic rings. The van der Waals surface area contributed by atoms with Crippen LogP contribution in [0.5, 0.6) is 5.75 Å². The Morgan fingerprint density at radius 1 is 1.16 bits per heavy atom. The third-order valence-corrected chi connectivity index (χ3v) is 7.92. The molecule has 0 unspecified atom stereocenters. The van der Waals surface area contributed by atoms with Gasteiger partial charge >= 0.3 is 15.6 Å². The molecule has 8 nitrogen and oxygen atoms in total. The minimum atomic E-state index is -5.94. The van der Waals surface area contributed by atoms with E-state index in [-0.39, 0.29) is 21.7 Å². The summed E-state index contributed by atoms with van der Waals surface area (Å²) < 4.78 is 81.0. The van der Waals surface area contributed by atoms with Crippen molar-refractivity contribution in [3.8, 4) is 23.1 Å². The van der Waals surface area contributed by atoms with Crippen molar-refractivity contribution in [1.29, 1.82) is 5.26 Å². The van der Waals surface area contributed by atoms with E-state index in [9.17, 15) is 36.0 Å². The molecule has 0 bridgehead atoms. The van der Waals surface area contributed by atoms with E-state index in [0.717, 1.165) is 36.3 Å². The van der Waals surface area contributed by atoms with Gasteiger partial charge in [0.25, 0.3) is 5.56 Å².